The topological polar surface area (TPSA) is 38.7 Å². The molecule has 0 aromatic heterocycles. The number of hydrogen-bond acceptors (Lipinski definition) is 4. The van der Waals surface area contributed by atoms with Crippen LogP contribution in [0.25, 0.3) is 0 Å². The van der Waals surface area contributed by atoms with Crippen molar-refractivity contribution in [1.29, 1.82) is 0 Å². The first kappa shape index (κ1) is 17.9. The molecule has 1 aliphatic rings. The number of aliphatic hydroxyl groups is 1. The van der Waals surface area contributed by atoms with Crippen molar-refractivity contribution in [2.75, 3.05) is 39.8 Å². The Morgan fingerprint density at radius 1 is 1.45 bits per heavy atom. The van der Waals surface area contributed by atoms with Crippen molar-refractivity contribution in [2.24, 2.45) is 0 Å². The van der Waals surface area contributed by atoms with E-state index in [4.69, 9.17) is 0 Å². The van der Waals surface area contributed by atoms with E-state index in [-0.39, 0.29) is 12.1 Å². The average molecular weight is 285 g/mol. The molecule has 1 saturated heterocycles. The van der Waals surface area contributed by atoms with E-state index in [2.05, 4.69) is 49.9 Å². The Bertz CT molecular complexity index is 274. The molecule has 0 bridgehead atoms. The Morgan fingerprint density at radius 2 is 2.15 bits per heavy atom. The van der Waals surface area contributed by atoms with Gasteiger partial charge in [0.2, 0.25) is 0 Å². The van der Waals surface area contributed by atoms with Gasteiger partial charge in [0.15, 0.2) is 0 Å². The Morgan fingerprint density at radius 3 is 2.70 bits per heavy atom. The molecule has 3 unspecified atom stereocenters. The molecular weight excluding hydrogens is 250 g/mol. The molecule has 1 heterocycles. The number of aliphatic hydroxyl groups excluding tert-OH is 1. The van der Waals surface area contributed by atoms with Crippen LogP contribution in [0.2, 0.25) is 0 Å². The molecule has 0 aromatic carbocycles. The van der Waals surface area contributed by atoms with Gasteiger partial charge in [0, 0.05) is 24.2 Å². The highest BCUT2D eigenvalue weighted by Crippen LogP contribution is 2.20. The second-order valence-electron chi connectivity index (χ2n) is 6.67. The van der Waals surface area contributed by atoms with E-state index < -0.39 is 0 Å². The Kier molecular flexibility index (Phi) is 7.45. The summed E-state index contributed by atoms with van der Waals surface area (Å²) in [6.45, 7) is 13.4. The third-order valence-electron chi connectivity index (χ3n) is 4.85. The highest BCUT2D eigenvalue weighted by Gasteiger charge is 2.29. The third-order valence-corrected chi connectivity index (χ3v) is 4.85. The van der Waals surface area contributed by atoms with E-state index >= 15 is 0 Å². The fraction of sp³-hybridized carbons (Fsp3) is 1.00. The molecule has 1 rings (SSSR count). The summed E-state index contributed by atoms with van der Waals surface area (Å²) in [6.07, 6.45) is 3.65. The summed E-state index contributed by atoms with van der Waals surface area (Å²) in [4.78, 5) is 5.06. The number of nitrogens with zero attached hydrogens (tertiary/aromatic N) is 2. The van der Waals surface area contributed by atoms with Crippen LogP contribution in [0.5, 0.6) is 0 Å². The zero-order valence-electron chi connectivity index (χ0n) is 14.2. The van der Waals surface area contributed by atoms with Crippen LogP contribution in [-0.4, -0.2) is 72.4 Å². The van der Waals surface area contributed by atoms with Crippen molar-refractivity contribution < 1.29 is 5.11 Å². The summed E-state index contributed by atoms with van der Waals surface area (Å²) in [5.74, 6) is 0. The van der Waals surface area contributed by atoms with Crippen LogP contribution in [0, 0.1) is 0 Å². The largest absolute Gasteiger partial charge is 0.394 e. The van der Waals surface area contributed by atoms with E-state index in [9.17, 15) is 5.11 Å². The molecule has 4 heteroatoms. The predicted octanol–water partition coefficient (Wildman–Crippen LogP) is 1.54. The van der Waals surface area contributed by atoms with E-state index in [0.717, 1.165) is 19.5 Å². The molecule has 0 amide bonds. The van der Waals surface area contributed by atoms with Crippen molar-refractivity contribution in [2.45, 2.75) is 64.6 Å². The lowest BCUT2D eigenvalue weighted by Gasteiger charge is -2.37. The molecule has 3 atom stereocenters. The highest BCUT2D eigenvalue weighted by molar-refractivity contribution is 4.88. The molecule has 0 aliphatic carbocycles. The zero-order valence-corrected chi connectivity index (χ0v) is 14.2. The second kappa shape index (κ2) is 8.32. The molecule has 20 heavy (non-hydrogen) atoms. The maximum absolute atomic E-state index is 9.62. The fourth-order valence-electron chi connectivity index (χ4n) is 3.46. The summed E-state index contributed by atoms with van der Waals surface area (Å²) < 4.78 is 0. The van der Waals surface area contributed by atoms with Crippen molar-refractivity contribution in [1.82, 2.24) is 15.1 Å². The molecule has 4 nitrogen and oxygen atoms in total. The van der Waals surface area contributed by atoms with Gasteiger partial charge in [0.25, 0.3) is 0 Å². The minimum Gasteiger partial charge on any atom is -0.394 e. The molecule has 120 valence electrons. The van der Waals surface area contributed by atoms with Crippen molar-refractivity contribution >= 4 is 0 Å². The molecule has 1 fully saturated rings. The summed E-state index contributed by atoms with van der Waals surface area (Å²) in [6, 6.07) is 1.19. The molecule has 0 radical (unpaired) electrons. The van der Waals surface area contributed by atoms with Crippen LogP contribution < -0.4 is 5.32 Å². The first-order chi connectivity index (χ1) is 9.45. The van der Waals surface area contributed by atoms with Crippen molar-refractivity contribution in [3.63, 3.8) is 0 Å². The SMILES string of the molecule is CCNC(C)(CO)CC(C)N(C)CC1CCCN1CC. The minimum absolute atomic E-state index is 0.164. The molecule has 0 saturated carbocycles. The minimum atomic E-state index is -0.164. The normalized spacial score (nSPS) is 25.1. The maximum atomic E-state index is 9.62. The number of nitrogens with one attached hydrogen (secondary N) is 1. The maximum Gasteiger partial charge on any atom is 0.0611 e. The Balaban J connectivity index is 2.47. The van der Waals surface area contributed by atoms with E-state index in [1.807, 2.05) is 0 Å². The molecule has 1 aliphatic heterocycles. The monoisotopic (exact) mass is 285 g/mol. The first-order valence-electron chi connectivity index (χ1n) is 8.26. The van der Waals surface area contributed by atoms with E-state index in [1.165, 1.54) is 25.9 Å². The highest BCUT2D eigenvalue weighted by atomic mass is 16.3. The number of likely N-dealkylation sites (tertiary alicyclic amines) is 1. The van der Waals surface area contributed by atoms with Crippen LogP contribution in [0.15, 0.2) is 0 Å². The van der Waals surface area contributed by atoms with Crippen LogP contribution in [0.1, 0.15) is 47.0 Å². The van der Waals surface area contributed by atoms with Gasteiger partial charge in [0.1, 0.15) is 0 Å². The van der Waals surface area contributed by atoms with Gasteiger partial charge < -0.3 is 15.3 Å². The van der Waals surface area contributed by atoms with Gasteiger partial charge in [-0.3, -0.25) is 4.90 Å². The smallest absolute Gasteiger partial charge is 0.0611 e. The number of likely N-dealkylation sites (N-methyl/N-ethyl adjacent to an activating group) is 3. The standard InChI is InChI=1S/C16H35N3O/c1-6-17-16(4,13-20)11-14(3)18(5)12-15-9-8-10-19(15)7-2/h14-15,17,20H,6-13H2,1-5H3. The fourth-order valence-corrected chi connectivity index (χ4v) is 3.46. The summed E-state index contributed by atoms with van der Waals surface area (Å²) >= 11 is 0. The predicted molar refractivity (Wildman–Crippen MR) is 86.1 cm³/mol. The van der Waals surface area contributed by atoms with Crippen LogP contribution in [0.4, 0.5) is 0 Å². The Labute approximate surface area is 125 Å². The first-order valence-corrected chi connectivity index (χ1v) is 8.26. The van der Waals surface area contributed by atoms with Gasteiger partial charge in [-0.15, -0.1) is 0 Å². The molecule has 2 N–H and O–H groups in total. The van der Waals surface area contributed by atoms with Crippen LogP contribution >= 0.6 is 0 Å². The molecular formula is C16H35N3O. The summed E-state index contributed by atoms with van der Waals surface area (Å²) in [5, 5.41) is 13.0. The van der Waals surface area contributed by atoms with Gasteiger partial charge in [-0.25, -0.2) is 0 Å². The van der Waals surface area contributed by atoms with Gasteiger partial charge in [-0.1, -0.05) is 13.8 Å². The van der Waals surface area contributed by atoms with Crippen molar-refractivity contribution in [3.8, 4) is 0 Å². The zero-order chi connectivity index (χ0) is 15.2. The van der Waals surface area contributed by atoms with E-state index in [0.29, 0.717) is 12.1 Å². The summed E-state index contributed by atoms with van der Waals surface area (Å²) in [5.41, 5.74) is -0.164. The lowest BCUT2D eigenvalue weighted by molar-refractivity contribution is 0.112. The van der Waals surface area contributed by atoms with Gasteiger partial charge in [-0.05, 0) is 59.8 Å². The molecule has 0 aromatic rings. The van der Waals surface area contributed by atoms with E-state index in [1.54, 1.807) is 0 Å². The average Bonchev–Trinajstić information content (AvgIpc) is 2.86. The number of hydrogen-bond donors (Lipinski definition) is 2. The second-order valence-corrected chi connectivity index (χ2v) is 6.67. The summed E-state index contributed by atoms with van der Waals surface area (Å²) in [7, 11) is 2.22. The van der Waals surface area contributed by atoms with Gasteiger partial charge in [-0.2, -0.15) is 0 Å². The van der Waals surface area contributed by atoms with Gasteiger partial charge >= 0.3 is 0 Å². The lowest BCUT2D eigenvalue weighted by Crippen LogP contribution is -2.51. The number of rotatable bonds is 9. The van der Waals surface area contributed by atoms with Crippen LogP contribution in [0.3, 0.4) is 0 Å². The molecule has 0 spiro atoms. The van der Waals surface area contributed by atoms with Crippen LogP contribution in [-0.2, 0) is 0 Å². The van der Waals surface area contributed by atoms with Crippen molar-refractivity contribution in [3.05, 3.63) is 0 Å². The third kappa shape index (κ3) is 4.99. The Hall–Kier alpha value is -0.160. The quantitative estimate of drug-likeness (QED) is 0.674. The van der Waals surface area contributed by atoms with Gasteiger partial charge in [0.05, 0.1) is 6.61 Å². The lowest BCUT2D eigenvalue weighted by atomic mass is 9.93.